The van der Waals surface area contributed by atoms with Crippen molar-refractivity contribution in [2.24, 2.45) is 5.73 Å². The summed E-state index contributed by atoms with van der Waals surface area (Å²) in [4.78, 5) is 11.7. The number of nitrogens with two attached hydrogens (primary N) is 1. The van der Waals surface area contributed by atoms with Crippen LogP contribution in [-0.4, -0.2) is 26.2 Å². The Morgan fingerprint density at radius 3 is 2.29 bits per heavy atom. The maximum atomic E-state index is 11.7. The molecule has 1 rings (SSSR count). The number of Topliss-reactive ketones (excluding diaryl/α,β-unsaturated/α-hetero) is 1. The first-order valence-electron chi connectivity index (χ1n) is 5.42. The third-order valence-corrected chi connectivity index (χ3v) is 3.46. The summed E-state index contributed by atoms with van der Waals surface area (Å²) < 4.78 is 21.8. The van der Waals surface area contributed by atoms with Crippen LogP contribution in [0.1, 0.15) is 28.8 Å². The lowest BCUT2D eigenvalue weighted by Crippen LogP contribution is -2.07. The van der Waals surface area contributed by atoms with Crippen molar-refractivity contribution in [1.82, 2.24) is 0 Å². The Bertz CT molecular complexity index is 477. The van der Waals surface area contributed by atoms with Crippen LogP contribution in [0.15, 0.2) is 24.3 Å². The van der Waals surface area contributed by atoms with Crippen LogP contribution in [0.2, 0.25) is 0 Å². The number of hydrogen-bond acceptors (Lipinski definition) is 4. The summed E-state index contributed by atoms with van der Waals surface area (Å²) >= 11 is 0. The molecule has 2 N–H and O–H groups in total. The van der Waals surface area contributed by atoms with Crippen LogP contribution in [0.3, 0.4) is 0 Å². The van der Waals surface area contributed by atoms with Crippen LogP contribution in [-0.2, 0) is 16.4 Å². The van der Waals surface area contributed by atoms with Crippen molar-refractivity contribution < 1.29 is 13.2 Å². The number of hydrogen-bond donors (Lipinski definition) is 1. The fraction of sp³-hybridized carbons (Fsp3) is 0.417. The minimum atomic E-state index is -2.98. The maximum Gasteiger partial charge on any atom is 0.162 e. The van der Waals surface area contributed by atoms with Crippen LogP contribution in [0.25, 0.3) is 0 Å². The van der Waals surface area contributed by atoms with E-state index in [9.17, 15) is 13.2 Å². The second-order valence-electron chi connectivity index (χ2n) is 4.06. The average molecular weight is 255 g/mol. The largest absolute Gasteiger partial charge is 0.326 e. The molecule has 0 aromatic heterocycles. The van der Waals surface area contributed by atoms with Gasteiger partial charge in [0.05, 0.1) is 5.75 Å². The van der Waals surface area contributed by atoms with Gasteiger partial charge in [-0.05, 0) is 12.0 Å². The third kappa shape index (κ3) is 5.10. The first kappa shape index (κ1) is 13.9. The summed E-state index contributed by atoms with van der Waals surface area (Å²) in [5.41, 5.74) is 7.03. The van der Waals surface area contributed by atoms with Crippen LogP contribution in [0.4, 0.5) is 0 Å². The van der Waals surface area contributed by atoms with Gasteiger partial charge in [0.25, 0.3) is 0 Å². The molecule has 1 aromatic rings. The van der Waals surface area contributed by atoms with E-state index in [4.69, 9.17) is 5.73 Å². The summed E-state index contributed by atoms with van der Waals surface area (Å²) in [6.07, 6.45) is 1.80. The normalized spacial score (nSPS) is 11.4. The van der Waals surface area contributed by atoms with Crippen molar-refractivity contribution in [3.05, 3.63) is 35.4 Å². The molecule has 0 unspecified atom stereocenters. The van der Waals surface area contributed by atoms with E-state index >= 15 is 0 Å². The average Bonchev–Trinajstić information content (AvgIpc) is 2.27. The molecule has 94 valence electrons. The molecule has 0 radical (unpaired) electrons. The van der Waals surface area contributed by atoms with Crippen molar-refractivity contribution >= 4 is 15.6 Å². The number of sulfone groups is 1. The van der Waals surface area contributed by atoms with Crippen LogP contribution in [0, 0.1) is 0 Å². The zero-order valence-electron chi connectivity index (χ0n) is 9.85. The van der Waals surface area contributed by atoms with Gasteiger partial charge in [0.1, 0.15) is 9.84 Å². The smallest absolute Gasteiger partial charge is 0.162 e. The third-order valence-electron chi connectivity index (χ3n) is 2.43. The summed E-state index contributed by atoms with van der Waals surface area (Å²) in [6, 6.07) is 7.07. The first-order chi connectivity index (χ1) is 7.92. The van der Waals surface area contributed by atoms with Crippen molar-refractivity contribution in [2.75, 3.05) is 12.0 Å². The minimum Gasteiger partial charge on any atom is -0.326 e. The van der Waals surface area contributed by atoms with E-state index in [1.165, 1.54) is 6.26 Å². The Morgan fingerprint density at radius 2 is 1.82 bits per heavy atom. The van der Waals surface area contributed by atoms with Gasteiger partial charge in [-0.15, -0.1) is 0 Å². The summed E-state index contributed by atoms with van der Waals surface area (Å²) in [5.74, 6) is 0.0248. The van der Waals surface area contributed by atoms with Crippen LogP contribution >= 0.6 is 0 Å². The lowest BCUT2D eigenvalue weighted by atomic mass is 10.1. The molecule has 0 heterocycles. The highest BCUT2D eigenvalue weighted by molar-refractivity contribution is 7.90. The molecule has 0 bridgehead atoms. The van der Waals surface area contributed by atoms with Crippen molar-refractivity contribution in [3.8, 4) is 0 Å². The molecular formula is C12H17NO3S. The van der Waals surface area contributed by atoms with Gasteiger partial charge in [0, 0.05) is 24.8 Å². The number of carbonyl (C=O) groups excluding carboxylic acids is 1. The van der Waals surface area contributed by atoms with Gasteiger partial charge in [-0.25, -0.2) is 8.42 Å². The van der Waals surface area contributed by atoms with Crippen molar-refractivity contribution in [3.63, 3.8) is 0 Å². The highest BCUT2D eigenvalue weighted by Crippen LogP contribution is 2.08. The molecule has 17 heavy (non-hydrogen) atoms. The Balaban J connectivity index is 2.52. The van der Waals surface area contributed by atoms with Gasteiger partial charge in [-0.2, -0.15) is 0 Å². The van der Waals surface area contributed by atoms with E-state index in [1.807, 2.05) is 12.1 Å². The Morgan fingerprint density at radius 1 is 1.24 bits per heavy atom. The first-order valence-corrected chi connectivity index (χ1v) is 7.48. The quantitative estimate of drug-likeness (QED) is 0.774. The molecule has 0 amide bonds. The SMILES string of the molecule is CS(=O)(=O)CCCC(=O)c1ccc(CN)cc1. The summed E-state index contributed by atoms with van der Waals surface area (Å²) in [7, 11) is -2.98. The fourth-order valence-corrected chi connectivity index (χ4v) is 2.13. The Hall–Kier alpha value is -1.20. The topological polar surface area (TPSA) is 77.2 Å². The predicted octanol–water partition coefficient (Wildman–Crippen LogP) is 1.15. The molecule has 5 heteroatoms. The standard InChI is InChI=1S/C12H17NO3S/c1-17(15,16)8-2-3-12(14)11-6-4-10(9-13)5-7-11/h4-7H,2-3,8-9,13H2,1H3. The highest BCUT2D eigenvalue weighted by Gasteiger charge is 2.08. The van der Waals surface area contributed by atoms with Crippen LogP contribution < -0.4 is 5.73 Å². The Labute approximate surface area is 102 Å². The van der Waals surface area contributed by atoms with E-state index in [0.29, 0.717) is 18.5 Å². The molecule has 4 nitrogen and oxygen atoms in total. The van der Waals surface area contributed by atoms with E-state index in [1.54, 1.807) is 12.1 Å². The van der Waals surface area contributed by atoms with E-state index in [0.717, 1.165) is 5.56 Å². The number of benzene rings is 1. The lowest BCUT2D eigenvalue weighted by molar-refractivity contribution is 0.0982. The monoisotopic (exact) mass is 255 g/mol. The molecule has 0 aliphatic rings. The molecule has 0 aliphatic carbocycles. The number of ketones is 1. The van der Waals surface area contributed by atoms with E-state index in [-0.39, 0.29) is 18.0 Å². The van der Waals surface area contributed by atoms with Crippen molar-refractivity contribution in [2.45, 2.75) is 19.4 Å². The molecule has 0 fully saturated rings. The minimum absolute atomic E-state index is 0.0304. The fourth-order valence-electron chi connectivity index (χ4n) is 1.47. The zero-order valence-corrected chi connectivity index (χ0v) is 10.7. The number of rotatable bonds is 6. The van der Waals surface area contributed by atoms with Gasteiger partial charge in [0.2, 0.25) is 0 Å². The zero-order chi connectivity index (χ0) is 12.9. The van der Waals surface area contributed by atoms with Gasteiger partial charge in [-0.1, -0.05) is 24.3 Å². The van der Waals surface area contributed by atoms with Gasteiger partial charge < -0.3 is 5.73 Å². The van der Waals surface area contributed by atoms with Gasteiger partial charge in [-0.3, -0.25) is 4.79 Å². The molecule has 0 spiro atoms. The summed E-state index contributed by atoms with van der Waals surface area (Å²) in [6.45, 7) is 0.447. The molecule has 1 aromatic carbocycles. The second kappa shape index (κ2) is 5.93. The number of carbonyl (C=O) groups is 1. The molecule has 0 saturated carbocycles. The lowest BCUT2D eigenvalue weighted by Gasteiger charge is -2.02. The molecular weight excluding hydrogens is 238 g/mol. The molecule has 0 saturated heterocycles. The second-order valence-corrected chi connectivity index (χ2v) is 6.32. The maximum absolute atomic E-state index is 11.7. The molecule has 0 aliphatic heterocycles. The summed E-state index contributed by atoms with van der Waals surface area (Å²) in [5, 5.41) is 0. The Kier molecular flexibility index (Phi) is 4.84. The molecule has 0 atom stereocenters. The van der Waals surface area contributed by atoms with Crippen LogP contribution in [0.5, 0.6) is 0 Å². The van der Waals surface area contributed by atoms with E-state index < -0.39 is 9.84 Å². The van der Waals surface area contributed by atoms with Gasteiger partial charge in [0.15, 0.2) is 5.78 Å². The van der Waals surface area contributed by atoms with E-state index in [2.05, 4.69) is 0 Å². The van der Waals surface area contributed by atoms with Crippen molar-refractivity contribution in [1.29, 1.82) is 0 Å². The predicted molar refractivity (Wildman–Crippen MR) is 67.6 cm³/mol. The van der Waals surface area contributed by atoms with Gasteiger partial charge >= 0.3 is 0 Å². The highest BCUT2D eigenvalue weighted by atomic mass is 32.2.